The number of halogens is 2. The Morgan fingerprint density at radius 1 is 1.08 bits per heavy atom. The summed E-state index contributed by atoms with van der Waals surface area (Å²) in [5.74, 6) is -0.499. The topological polar surface area (TPSA) is 66.5 Å². The van der Waals surface area contributed by atoms with Crippen molar-refractivity contribution in [1.29, 1.82) is 0 Å². The second kappa shape index (κ2) is 9.26. The highest BCUT2D eigenvalue weighted by Gasteiger charge is 2.24. The summed E-state index contributed by atoms with van der Waals surface area (Å²) in [6.45, 7) is 2.37. The lowest BCUT2D eigenvalue weighted by atomic mass is 10.2. The van der Waals surface area contributed by atoms with Crippen LogP contribution in [0.4, 0.5) is 5.69 Å². The van der Waals surface area contributed by atoms with Gasteiger partial charge < -0.3 is 5.32 Å². The molecular formula is C18H20Cl2N2O3S. The SMILES string of the molecule is Cc1ccc(S(=O)(=O)N(CCCNC(=O)C(Cl)Cl)c2ccccc2)cc1. The smallest absolute Gasteiger partial charge is 0.264 e. The van der Waals surface area contributed by atoms with Crippen LogP contribution in [0, 0.1) is 6.92 Å². The number of anilines is 1. The summed E-state index contributed by atoms with van der Waals surface area (Å²) in [5.41, 5.74) is 1.54. The molecule has 26 heavy (non-hydrogen) atoms. The highest BCUT2D eigenvalue weighted by atomic mass is 35.5. The van der Waals surface area contributed by atoms with Gasteiger partial charge in [0.15, 0.2) is 4.84 Å². The van der Waals surface area contributed by atoms with Crippen molar-refractivity contribution in [3.05, 3.63) is 60.2 Å². The molecule has 0 heterocycles. The van der Waals surface area contributed by atoms with E-state index in [2.05, 4.69) is 5.32 Å². The van der Waals surface area contributed by atoms with E-state index in [0.717, 1.165) is 5.56 Å². The predicted octanol–water partition coefficient (Wildman–Crippen LogP) is 3.50. The third-order valence-corrected chi connectivity index (χ3v) is 5.93. The van der Waals surface area contributed by atoms with Gasteiger partial charge in [0.1, 0.15) is 0 Å². The summed E-state index contributed by atoms with van der Waals surface area (Å²) in [5, 5.41) is 2.56. The van der Waals surface area contributed by atoms with Gasteiger partial charge in [0.05, 0.1) is 10.6 Å². The summed E-state index contributed by atoms with van der Waals surface area (Å²) < 4.78 is 27.5. The van der Waals surface area contributed by atoms with Crippen molar-refractivity contribution in [2.45, 2.75) is 23.1 Å². The molecular weight excluding hydrogens is 395 g/mol. The Hall–Kier alpha value is -1.76. The van der Waals surface area contributed by atoms with E-state index in [1.165, 1.54) is 4.31 Å². The molecule has 0 unspecified atom stereocenters. The first-order valence-corrected chi connectivity index (χ1v) is 10.3. The van der Waals surface area contributed by atoms with Gasteiger partial charge in [0, 0.05) is 13.1 Å². The molecule has 5 nitrogen and oxygen atoms in total. The molecule has 0 aromatic heterocycles. The lowest BCUT2D eigenvalue weighted by Gasteiger charge is -2.24. The summed E-state index contributed by atoms with van der Waals surface area (Å²) in [7, 11) is -3.72. The number of rotatable bonds is 8. The lowest BCUT2D eigenvalue weighted by molar-refractivity contribution is -0.119. The Morgan fingerprint density at radius 3 is 2.27 bits per heavy atom. The number of aryl methyl sites for hydroxylation is 1. The van der Waals surface area contributed by atoms with Gasteiger partial charge >= 0.3 is 0 Å². The molecule has 0 fully saturated rings. The van der Waals surface area contributed by atoms with Gasteiger partial charge in [0.25, 0.3) is 15.9 Å². The van der Waals surface area contributed by atoms with E-state index in [4.69, 9.17) is 23.2 Å². The van der Waals surface area contributed by atoms with Crippen molar-refractivity contribution in [2.75, 3.05) is 17.4 Å². The van der Waals surface area contributed by atoms with E-state index in [1.54, 1.807) is 48.5 Å². The third-order valence-electron chi connectivity index (χ3n) is 3.69. The van der Waals surface area contributed by atoms with E-state index in [9.17, 15) is 13.2 Å². The minimum absolute atomic E-state index is 0.204. The normalized spacial score (nSPS) is 11.4. The first kappa shape index (κ1) is 20.6. The number of alkyl halides is 2. The number of carbonyl (C=O) groups is 1. The maximum absolute atomic E-state index is 13.1. The third kappa shape index (κ3) is 5.37. The largest absolute Gasteiger partial charge is 0.354 e. The maximum atomic E-state index is 13.1. The number of nitrogens with zero attached hydrogens (tertiary/aromatic N) is 1. The van der Waals surface area contributed by atoms with Crippen molar-refractivity contribution < 1.29 is 13.2 Å². The molecule has 0 atom stereocenters. The zero-order chi connectivity index (χ0) is 19.2. The molecule has 2 aromatic carbocycles. The van der Waals surface area contributed by atoms with Crippen LogP contribution in [0.2, 0.25) is 0 Å². The van der Waals surface area contributed by atoms with E-state index in [0.29, 0.717) is 12.1 Å². The molecule has 0 saturated heterocycles. The van der Waals surface area contributed by atoms with Crippen LogP contribution in [-0.4, -0.2) is 32.3 Å². The summed E-state index contributed by atoms with van der Waals surface area (Å²) in [6.07, 6.45) is 0.409. The Bertz CT molecular complexity index is 825. The molecule has 1 N–H and O–H groups in total. The monoisotopic (exact) mass is 414 g/mol. The van der Waals surface area contributed by atoms with Gasteiger partial charge in [-0.1, -0.05) is 59.1 Å². The fraction of sp³-hybridized carbons (Fsp3) is 0.278. The summed E-state index contributed by atoms with van der Waals surface area (Å²) in [4.78, 5) is 10.5. The highest BCUT2D eigenvalue weighted by molar-refractivity contribution is 7.92. The van der Waals surface area contributed by atoms with Crippen LogP contribution < -0.4 is 9.62 Å². The molecule has 8 heteroatoms. The number of nitrogens with one attached hydrogen (secondary N) is 1. The number of benzene rings is 2. The van der Waals surface area contributed by atoms with Crippen LogP contribution in [0.15, 0.2) is 59.5 Å². The van der Waals surface area contributed by atoms with Crippen LogP contribution in [0.3, 0.4) is 0 Å². The number of para-hydroxylation sites is 1. The molecule has 0 aliphatic rings. The average molecular weight is 415 g/mol. The highest BCUT2D eigenvalue weighted by Crippen LogP contribution is 2.24. The minimum Gasteiger partial charge on any atom is -0.354 e. The van der Waals surface area contributed by atoms with Gasteiger partial charge in [-0.05, 0) is 37.6 Å². The molecule has 140 valence electrons. The quantitative estimate of drug-likeness (QED) is 0.530. The number of sulfonamides is 1. The first-order valence-electron chi connectivity index (χ1n) is 8.02. The Kier molecular flexibility index (Phi) is 7.32. The van der Waals surface area contributed by atoms with Crippen LogP contribution >= 0.6 is 23.2 Å². The van der Waals surface area contributed by atoms with Crippen molar-refractivity contribution in [1.82, 2.24) is 5.32 Å². The van der Waals surface area contributed by atoms with Crippen LogP contribution in [0.25, 0.3) is 0 Å². The van der Waals surface area contributed by atoms with E-state index in [-0.39, 0.29) is 18.0 Å². The van der Waals surface area contributed by atoms with Gasteiger partial charge in [-0.25, -0.2) is 8.42 Å². The lowest BCUT2D eigenvalue weighted by Crippen LogP contribution is -2.35. The zero-order valence-corrected chi connectivity index (χ0v) is 16.6. The number of amides is 1. The molecule has 0 spiro atoms. The molecule has 0 bridgehead atoms. The first-order chi connectivity index (χ1) is 12.3. The number of hydrogen-bond acceptors (Lipinski definition) is 3. The Labute approximate surface area is 164 Å². The van der Waals surface area contributed by atoms with Crippen molar-refractivity contribution >= 4 is 44.8 Å². The fourth-order valence-electron chi connectivity index (χ4n) is 2.33. The van der Waals surface area contributed by atoms with Crippen LogP contribution in [-0.2, 0) is 14.8 Å². The van der Waals surface area contributed by atoms with Crippen molar-refractivity contribution in [3.63, 3.8) is 0 Å². The van der Waals surface area contributed by atoms with Gasteiger partial charge in [0.2, 0.25) is 0 Å². The summed E-state index contributed by atoms with van der Waals surface area (Å²) >= 11 is 11.0. The second-order valence-electron chi connectivity index (χ2n) is 5.67. The van der Waals surface area contributed by atoms with E-state index in [1.807, 2.05) is 13.0 Å². The molecule has 2 rings (SSSR count). The number of carbonyl (C=O) groups excluding carboxylic acids is 1. The molecule has 0 saturated carbocycles. The van der Waals surface area contributed by atoms with Crippen LogP contribution in [0.5, 0.6) is 0 Å². The molecule has 2 aromatic rings. The standard InChI is InChI=1S/C18H20Cl2N2O3S/c1-14-8-10-16(11-9-14)26(24,25)22(15-6-3-2-4-7-15)13-5-12-21-18(23)17(19)20/h2-4,6-11,17H,5,12-13H2,1H3,(H,21,23). The van der Waals surface area contributed by atoms with Crippen molar-refractivity contribution in [2.24, 2.45) is 0 Å². The fourth-order valence-corrected chi connectivity index (χ4v) is 3.99. The van der Waals surface area contributed by atoms with Gasteiger partial charge in [-0.15, -0.1) is 0 Å². The molecule has 1 amide bonds. The summed E-state index contributed by atoms with van der Waals surface area (Å²) in [6, 6.07) is 15.6. The molecule has 0 aliphatic carbocycles. The average Bonchev–Trinajstić information content (AvgIpc) is 2.62. The van der Waals surface area contributed by atoms with E-state index >= 15 is 0 Å². The van der Waals surface area contributed by atoms with Gasteiger partial charge in [-0.2, -0.15) is 0 Å². The Balaban J connectivity index is 2.19. The van der Waals surface area contributed by atoms with E-state index < -0.39 is 20.8 Å². The predicted molar refractivity (Wildman–Crippen MR) is 105 cm³/mol. The van der Waals surface area contributed by atoms with Gasteiger partial charge in [-0.3, -0.25) is 9.10 Å². The number of hydrogen-bond donors (Lipinski definition) is 1. The second-order valence-corrected chi connectivity index (χ2v) is 8.63. The molecule has 0 radical (unpaired) electrons. The maximum Gasteiger partial charge on any atom is 0.264 e. The van der Waals surface area contributed by atoms with Crippen molar-refractivity contribution in [3.8, 4) is 0 Å². The minimum atomic E-state index is -3.72. The van der Waals surface area contributed by atoms with Crippen LogP contribution in [0.1, 0.15) is 12.0 Å². The zero-order valence-electron chi connectivity index (χ0n) is 14.2. The Morgan fingerprint density at radius 2 is 1.69 bits per heavy atom. The molecule has 0 aliphatic heterocycles.